The van der Waals surface area contributed by atoms with Crippen molar-refractivity contribution in [1.82, 2.24) is 15.0 Å². The van der Waals surface area contributed by atoms with E-state index in [1.807, 2.05) is 38.1 Å². The number of rotatable bonds is 2. The lowest BCUT2D eigenvalue weighted by atomic mass is 10.1. The lowest BCUT2D eigenvalue weighted by molar-refractivity contribution is 0.256. The number of amides is 2. The molecule has 0 spiro atoms. The fourth-order valence-corrected chi connectivity index (χ4v) is 3.88. The number of thiazole rings is 1. The molecule has 2 amide bonds. The SMILES string of the molecule is Cc1nc(NC(=O)N2CCCCNc3ccc(-c4cccnc4)nc32)sc1C. The van der Waals surface area contributed by atoms with E-state index in [1.165, 1.54) is 11.3 Å². The molecule has 0 bridgehead atoms. The number of aromatic nitrogens is 3. The van der Waals surface area contributed by atoms with Crippen molar-refractivity contribution >= 4 is 34.0 Å². The zero-order chi connectivity index (χ0) is 19.5. The number of aryl methyl sites for hydroxylation is 2. The number of carbonyl (C=O) groups excluding carboxylic acids is 1. The smallest absolute Gasteiger partial charge is 0.329 e. The largest absolute Gasteiger partial charge is 0.382 e. The van der Waals surface area contributed by atoms with Gasteiger partial charge in [-0.25, -0.2) is 14.8 Å². The Morgan fingerprint density at radius 3 is 2.86 bits per heavy atom. The molecule has 0 saturated carbocycles. The van der Waals surface area contributed by atoms with Gasteiger partial charge in [0.2, 0.25) is 0 Å². The van der Waals surface area contributed by atoms with Gasteiger partial charge in [-0.3, -0.25) is 15.2 Å². The summed E-state index contributed by atoms with van der Waals surface area (Å²) in [6.45, 7) is 5.41. The van der Waals surface area contributed by atoms with Gasteiger partial charge in [-0.15, -0.1) is 11.3 Å². The van der Waals surface area contributed by atoms with E-state index in [4.69, 9.17) is 4.98 Å². The lowest BCUT2D eigenvalue weighted by Gasteiger charge is -2.27. The minimum Gasteiger partial charge on any atom is -0.382 e. The number of fused-ring (bicyclic) bond motifs is 1. The number of hydrogen-bond donors (Lipinski definition) is 2. The second-order valence-corrected chi connectivity index (χ2v) is 7.89. The Morgan fingerprint density at radius 1 is 1.21 bits per heavy atom. The van der Waals surface area contributed by atoms with Crippen molar-refractivity contribution in [3.8, 4) is 11.3 Å². The van der Waals surface area contributed by atoms with Crippen molar-refractivity contribution in [2.45, 2.75) is 26.7 Å². The normalized spacial score (nSPS) is 13.9. The minimum atomic E-state index is -0.213. The summed E-state index contributed by atoms with van der Waals surface area (Å²) in [4.78, 5) is 29.3. The molecule has 4 heterocycles. The molecule has 1 aliphatic rings. The summed E-state index contributed by atoms with van der Waals surface area (Å²) >= 11 is 1.48. The summed E-state index contributed by atoms with van der Waals surface area (Å²) in [6.07, 6.45) is 5.39. The van der Waals surface area contributed by atoms with Gasteiger partial charge in [-0.05, 0) is 51.0 Å². The van der Waals surface area contributed by atoms with Crippen molar-refractivity contribution in [2.24, 2.45) is 0 Å². The van der Waals surface area contributed by atoms with Crippen LogP contribution in [0.3, 0.4) is 0 Å². The van der Waals surface area contributed by atoms with Crippen LogP contribution in [-0.2, 0) is 0 Å². The van der Waals surface area contributed by atoms with Gasteiger partial charge in [-0.2, -0.15) is 0 Å². The van der Waals surface area contributed by atoms with Crippen LogP contribution in [-0.4, -0.2) is 34.1 Å². The second kappa shape index (κ2) is 7.93. The Morgan fingerprint density at radius 2 is 2.11 bits per heavy atom. The summed E-state index contributed by atoms with van der Waals surface area (Å²) in [7, 11) is 0. The Labute approximate surface area is 167 Å². The second-order valence-electron chi connectivity index (χ2n) is 6.69. The van der Waals surface area contributed by atoms with Crippen molar-refractivity contribution in [2.75, 3.05) is 28.6 Å². The van der Waals surface area contributed by atoms with Crippen LogP contribution in [0, 0.1) is 13.8 Å². The summed E-state index contributed by atoms with van der Waals surface area (Å²) < 4.78 is 0. The summed E-state index contributed by atoms with van der Waals surface area (Å²) in [6, 6.07) is 7.56. The van der Waals surface area contributed by atoms with E-state index >= 15 is 0 Å². The van der Waals surface area contributed by atoms with Crippen LogP contribution in [0.1, 0.15) is 23.4 Å². The van der Waals surface area contributed by atoms with Gasteiger partial charge in [0, 0.05) is 35.9 Å². The lowest BCUT2D eigenvalue weighted by Crippen LogP contribution is -2.38. The predicted molar refractivity (Wildman–Crippen MR) is 113 cm³/mol. The third-order valence-corrected chi connectivity index (χ3v) is 5.69. The first-order valence-corrected chi connectivity index (χ1v) is 10.1. The Kier molecular flexibility index (Phi) is 5.21. The molecule has 8 heteroatoms. The van der Waals surface area contributed by atoms with E-state index in [9.17, 15) is 4.79 Å². The molecule has 144 valence electrons. The molecule has 0 saturated heterocycles. The number of carbonyl (C=O) groups is 1. The van der Waals surface area contributed by atoms with Gasteiger partial charge < -0.3 is 5.32 Å². The number of hydrogen-bond acceptors (Lipinski definition) is 6. The first kappa shape index (κ1) is 18.4. The van der Waals surface area contributed by atoms with Gasteiger partial charge in [0.15, 0.2) is 10.9 Å². The molecule has 0 fully saturated rings. The van der Waals surface area contributed by atoms with E-state index in [-0.39, 0.29) is 6.03 Å². The highest BCUT2D eigenvalue weighted by atomic mass is 32.1. The molecule has 28 heavy (non-hydrogen) atoms. The summed E-state index contributed by atoms with van der Waals surface area (Å²) in [5.41, 5.74) is 3.49. The summed E-state index contributed by atoms with van der Waals surface area (Å²) in [5, 5.41) is 6.94. The van der Waals surface area contributed by atoms with Crippen LogP contribution in [0.4, 0.5) is 21.4 Å². The Balaban J connectivity index is 1.68. The predicted octanol–water partition coefficient (Wildman–Crippen LogP) is 4.46. The van der Waals surface area contributed by atoms with Gasteiger partial charge >= 0.3 is 6.03 Å². The molecule has 4 rings (SSSR count). The first-order chi connectivity index (χ1) is 13.6. The molecule has 1 aliphatic heterocycles. The summed E-state index contributed by atoms with van der Waals surface area (Å²) in [5.74, 6) is 0.628. The standard InChI is InChI=1S/C20H22N6OS/c1-13-14(2)28-19(23-13)25-20(27)26-11-4-3-10-22-17-8-7-16(24-18(17)26)15-6-5-9-21-12-15/h5-9,12,22H,3-4,10-11H2,1-2H3,(H,23,25,27). The van der Waals surface area contributed by atoms with Crippen LogP contribution in [0.5, 0.6) is 0 Å². The van der Waals surface area contributed by atoms with E-state index in [0.717, 1.165) is 46.9 Å². The first-order valence-electron chi connectivity index (χ1n) is 9.29. The molecule has 3 aromatic heterocycles. The maximum Gasteiger partial charge on any atom is 0.329 e. The van der Waals surface area contributed by atoms with Gasteiger partial charge in [0.1, 0.15) is 0 Å². The van der Waals surface area contributed by atoms with E-state index < -0.39 is 0 Å². The molecular weight excluding hydrogens is 372 g/mol. The monoisotopic (exact) mass is 394 g/mol. The minimum absolute atomic E-state index is 0.213. The van der Waals surface area contributed by atoms with Crippen LogP contribution in [0.2, 0.25) is 0 Å². The molecule has 0 aromatic carbocycles. The molecular formula is C20H22N6OS. The molecule has 7 nitrogen and oxygen atoms in total. The maximum atomic E-state index is 13.1. The van der Waals surface area contributed by atoms with E-state index in [1.54, 1.807) is 17.3 Å². The Bertz CT molecular complexity index is 968. The number of nitrogens with one attached hydrogen (secondary N) is 2. The zero-order valence-electron chi connectivity index (χ0n) is 15.9. The van der Waals surface area contributed by atoms with Crippen molar-refractivity contribution in [3.63, 3.8) is 0 Å². The number of pyridine rings is 2. The van der Waals surface area contributed by atoms with Crippen LogP contribution in [0.15, 0.2) is 36.7 Å². The Hall–Kier alpha value is -3.00. The van der Waals surface area contributed by atoms with Crippen molar-refractivity contribution in [1.29, 1.82) is 0 Å². The third kappa shape index (κ3) is 3.82. The van der Waals surface area contributed by atoms with Crippen LogP contribution < -0.4 is 15.5 Å². The average Bonchev–Trinajstić information content (AvgIpc) is 3.00. The highest BCUT2D eigenvalue weighted by Crippen LogP contribution is 2.30. The van der Waals surface area contributed by atoms with Gasteiger partial charge in [0.05, 0.1) is 17.1 Å². The molecule has 0 atom stereocenters. The fourth-order valence-electron chi connectivity index (χ4n) is 3.07. The number of anilines is 3. The van der Waals surface area contributed by atoms with Crippen molar-refractivity contribution in [3.05, 3.63) is 47.2 Å². The van der Waals surface area contributed by atoms with E-state index in [0.29, 0.717) is 17.5 Å². The van der Waals surface area contributed by atoms with Crippen LogP contribution in [0.25, 0.3) is 11.3 Å². The molecule has 3 aromatic rings. The number of urea groups is 1. The molecule has 0 radical (unpaired) electrons. The topological polar surface area (TPSA) is 83.0 Å². The zero-order valence-corrected chi connectivity index (χ0v) is 16.7. The molecule has 0 aliphatic carbocycles. The average molecular weight is 395 g/mol. The number of nitrogens with zero attached hydrogens (tertiary/aromatic N) is 4. The van der Waals surface area contributed by atoms with Gasteiger partial charge in [0.25, 0.3) is 0 Å². The molecule has 0 unspecified atom stereocenters. The highest BCUT2D eigenvalue weighted by Gasteiger charge is 2.23. The van der Waals surface area contributed by atoms with E-state index in [2.05, 4.69) is 20.6 Å². The quantitative estimate of drug-likeness (QED) is 0.670. The molecule has 2 N–H and O–H groups in total. The fraction of sp³-hybridized carbons (Fsp3) is 0.300. The highest BCUT2D eigenvalue weighted by molar-refractivity contribution is 7.15. The van der Waals surface area contributed by atoms with Gasteiger partial charge in [-0.1, -0.05) is 0 Å². The van der Waals surface area contributed by atoms with Crippen molar-refractivity contribution < 1.29 is 4.79 Å². The van der Waals surface area contributed by atoms with Crippen LogP contribution >= 0.6 is 11.3 Å². The third-order valence-electron chi connectivity index (χ3n) is 4.70. The maximum absolute atomic E-state index is 13.1.